The fourth-order valence-corrected chi connectivity index (χ4v) is 7.95. The standard InChI is InChI=1S/C27H44N4O3/c1-19(2)24(28-26(34)27-15-20-12-21(16-27)14-22(13-20)17-27)25(33)31-10-8-29(9-11-31)18-23(32)30-6-4-3-5-7-30/h19-22,24H,3-18H2,1-2H3,(H,28,34)/t20?,21?,22?,24-,27?/m0/s1. The molecule has 4 aliphatic carbocycles. The minimum atomic E-state index is -0.456. The molecule has 6 aliphatic rings. The fourth-order valence-electron chi connectivity index (χ4n) is 7.95. The van der Waals surface area contributed by atoms with Gasteiger partial charge >= 0.3 is 0 Å². The van der Waals surface area contributed by atoms with Crippen LogP contribution in [0.15, 0.2) is 0 Å². The molecule has 0 aromatic rings. The molecule has 2 aliphatic heterocycles. The third-order valence-corrected chi connectivity index (χ3v) is 9.49. The van der Waals surface area contributed by atoms with Gasteiger partial charge in [-0.1, -0.05) is 13.8 Å². The van der Waals surface area contributed by atoms with E-state index >= 15 is 0 Å². The summed E-state index contributed by atoms with van der Waals surface area (Å²) in [5.74, 6) is 2.62. The van der Waals surface area contributed by atoms with Gasteiger partial charge in [0, 0.05) is 44.7 Å². The molecular weight excluding hydrogens is 428 g/mol. The van der Waals surface area contributed by atoms with E-state index in [0.29, 0.717) is 37.4 Å². The number of piperidine rings is 1. The molecule has 0 aromatic heterocycles. The van der Waals surface area contributed by atoms with Crippen LogP contribution in [-0.2, 0) is 14.4 Å². The van der Waals surface area contributed by atoms with Gasteiger partial charge in [-0.25, -0.2) is 0 Å². The zero-order valence-corrected chi connectivity index (χ0v) is 21.3. The van der Waals surface area contributed by atoms with E-state index in [2.05, 4.69) is 10.2 Å². The Morgan fingerprint density at radius 3 is 1.88 bits per heavy atom. The Labute approximate surface area is 205 Å². The Morgan fingerprint density at radius 2 is 1.35 bits per heavy atom. The van der Waals surface area contributed by atoms with Gasteiger partial charge < -0.3 is 15.1 Å². The Hall–Kier alpha value is -1.63. The van der Waals surface area contributed by atoms with Crippen molar-refractivity contribution in [1.29, 1.82) is 0 Å². The highest BCUT2D eigenvalue weighted by molar-refractivity contribution is 5.90. The van der Waals surface area contributed by atoms with Gasteiger partial charge in [0.05, 0.1) is 6.54 Å². The molecule has 0 spiro atoms. The minimum Gasteiger partial charge on any atom is -0.344 e. The number of rotatable bonds is 6. The molecule has 0 unspecified atom stereocenters. The van der Waals surface area contributed by atoms with Crippen molar-refractivity contribution in [3.8, 4) is 0 Å². The summed E-state index contributed by atoms with van der Waals surface area (Å²) in [7, 11) is 0. The Bertz CT molecular complexity index is 747. The molecule has 34 heavy (non-hydrogen) atoms. The quantitative estimate of drug-likeness (QED) is 0.645. The molecule has 1 N–H and O–H groups in total. The van der Waals surface area contributed by atoms with E-state index in [1.54, 1.807) is 0 Å². The van der Waals surface area contributed by atoms with E-state index in [9.17, 15) is 14.4 Å². The maximum atomic E-state index is 13.6. The first-order valence-electron chi connectivity index (χ1n) is 13.9. The molecule has 190 valence electrons. The first-order chi connectivity index (χ1) is 16.3. The zero-order chi connectivity index (χ0) is 23.9. The van der Waals surface area contributed by atoms with Crippen molar-refractivity contribution in [1.82, 2.24) is 20.0 Å². The largest absolute Gasteiger partial charge is 0.344 e. The molecule has 0 aromatic carbocycles. The number of hydrogen-bond donors (Lipinski definition) is 1. The van der Waals surface area contributed by atoms with E-state index in [0.717, 1.165) is 58.3 Å². The lowest BCUT2D eigenvalue weighted by atomic mass is 9.49. The summed E-state index contributed by atoms with van der Waals surface area (Å²) in [4.78, 5) is 45.8. The molecule has 2 heterocycles. The molecule has 7 nitrogen and oxygen atoms in total. The van der Waals surface area contributed by atoms with Crippen LogP contribution in [-0.4, -0.2) is 84.3 Å². The van der Waals surface area contributed by atoms with Crippen LogP contribution >= 0.6 is 0 Å². The van der Waals surface area contributed by atoms with E-state index in [-0.39, 0.29) is 29.1 Å². The Balaban J connectivity index is 1.15. The molecule has 7 heteroatoms. The number of nitrogens with one attached hydrogen (secondary N) is 1. The summed E-state index contributed by atoms with van der Waals surface area (Å²) < 4.78 is 0. The summed E-state index contributed by atoms with van der Waals surface area (Å²) in [6.45, 7) is 9.00. The summed E-state index contributed by atoms with van der Waals surface area (Å²) in [6.07, 6.45) is 10.4. The monoisotopic (exact) mass is 472 g/mol. The molecule has 6 fully saturated rings. The summed E-state index contributed by atoms with van der Waals surface area (Å²) in [5, 5.41) is 3.25. The first kappa shape index (κ1) is 24.1. The van der Waals surface area contributed by atoms with Crippen LogP contribution in [0.5, 0.6) is 0 Å². The highest BCUT2D eigenvalue weighted by Crippen LogP contribution is 2.60. The van der Waals surface area contributed by atoms with Crippen molar-refractivity contribution in [2.24, 2.45) is 29.1 Å². The molecule has 6 rings (SSSR count). The Kier molecular flexibility index (Phi) is 6.93. The number of piperazine rings is 1. The molecule has 2 saturated heterocycles. The van der Waals surface area contributed by atoms with Gasteiger partial charge in [0.15, 0.2) is 0 Å². The van der Waals surface area contributed by atoms with Crippen LogP contribution in [0.25, 0.3) is 0 Å². The van der Waals surface area contributed by atoms with Crippen LogP contribution in [0.2, 0.25) is 0 Å². The van der Waals surface area contributed by atoms with Gasteiger partial charge in [-0.15, -0.1) is 0 Å². The van der Waals surface area contributed by atoms with E-state index in [1.807, 2.05) is 23.6 Å². The van der Waals surface area contributed by atoms with Gasteiger partial charge in [0.25, 0.3) is 0 Å². The second-order valence-corrected chi connectivity index (χ2v) is 12.4. The number of carbonyl (C=O) groups excluding carboxylic acids is 3. The van der Waals surface area contributed by atoms with Crippen molar-refractivity contribution >= 4 is 17.7 Å². The smallest absolute Gasteiger partial charge is 0.245 e. The lowest BCUT2D eigenvalue weighted by Gasteiger charge is -2.56. The van der Waals surface area contributed by atoms with Gasteiger partial charge in [-0.05, 0) is 81.5 Å². The van der Waals surface area contributed by atoms with Gasteiger partial charge in [0.1, 0.15) is 6.04 Å². The zero-order valence-electron chi connectivity index (χ0n) is 21.3. The van der Waals surface area contributed by atoms with Crippen LogP contribution in [0.4, 0.5) is 0 Å². The predicted molar refractivity (Wildman–Crippen MR) is 131 cm³/mol. The normalized spacial score (nSPS) is 34.4. The predicted octanol–water partition coefficient (Wildman–Crippen LogP) is 2.50. The Morgan fingerprint density at radius 1 is 0.794 bits per heavy atom. The van der Waals surface area contributed by atoms with Crippen molar-refractivity contribution in [3.05, 3.63) is 0 Å². The number of nitrogens with zero attached hydrogens (tertiary/aromatic N) is 3. The topological polar surface area (TPSA) is 73.0 Å². The maximum Gasteiger partial charge on any atom is 0.245 e. The second-order valence-electron chi connectivity index (χ2n) is 12.4. The van der Waals surface area contributed by atoms with Crippen molar-refractivity contribution in [3.63, 3.8) is 0 Å². The summed E-state index contributed by atoms with van der Waals surface area (Å²) in [6, 6.07) is -0.456. The SMILES string of the molecule is CC(C)[C@H](NC(=O)C12CC3CC(CC(C3)C1)C2)C(=O)N1CCN(CC(=O)N2CCCCC2)CC1. The molecular formula is C27H44N4O3. The van der Waals surface area contributed by atoms with Crippen LogP contribution in [0, 0.1) is 29.1 Å². The average Bonchev–Trinajstić information content (AvgIpc) is 2.82. The number of likely N-dealkylation sites (tertiary alicyclic amines) is 1. The van der Waals surface area contributed by atoms with Crippen LogP contribution < -0.4 is 5.32 Å². The molecule has 1 atom stereocenters. The minimum absolute atomic E-state index is 0.0510. The summed E-state index contributed by atoms with van der Waals surface area (Å²) >= 11 is 0. The van der Waals surface area contributed by atoms with Crippen molar-refractivity contribution < 1.29 is 14.4 Å². The van der Waals surface area contributed by atoms with Gasteiger partial charge in [-0.3, -0.25) is 19.3 Å². The second kappa shape index (κ2) is 9.79. The highest BCUT2D eigenvalue weighted by atomic mass is 16.2. The van der Waals surface area contributed by atoms with Crippen molar-refractivity contribution in [2.75, 3.05) is 45.8 Å². The van der Waals surface area contributed by atoms with Gasteiger partial charge in [0.2, 0.25) is 17.7 Å². The summed E-state index contributed by atoms with van der Waals surface area (Å²) in [5.41, 5.74) is -0.227. The van der Waals surface area contributed by atoms with E-state index in [1.165, 1.54) is 25.7 Å². The number of hydrogen-bond acceptors (Lipinski definition) is 4. The third-order valence-electron chi connectivity index (χ3n) is 9.49. The van der Waals surface area contributed by atoms with E-state index < -0.39 is 6.04 Å². The van der Waals surface area contributed by atoms with Crippen molar-refractivity contribution in [2.45, 2.75) is 77.7 Å². The fraction of sp³-hybridized carbons (Fsp3) is 0.889. The third kappa shape index (κ3) is 4.87. The number of amides is 3. The maximum absolute atomic E-state index is 13.6. The molecule has 4 bridgehead atoms. The average molecular weight is 473 g/mol. The number of carbonyl (C=O) groups is 3. The molecule has 0 radical (unpaired) electrons. The highest BCUT2D eigenvalue weighted by Gasteiger charge is 2.55. The van der Waals surface area contributed by atoms with Crippen LogP contribution in [0.1, 0.15) is 71.6 Å². The van der Waals surface area contributed by atoms with Gasteiger partial charge in [-0.2, -0.15) is 0 Å². The lowest BCUT2D eigenvalue weighted by Crippen LogP contribution is -2.60. The lowest BCUT2D eigenvalue weighted by molar-refractivity contribution is -0.151. The first-order valence-corrected chi connectivity index (χ1v) is 13.9. The van der Waals surface area contributed by atoms with E-state index in [4.69, 9.17) is 0 Å². The molecule has 4 saturated carbocycles. The molecule has 3 amide bonds. The van der Waals surface area contributed by atoms with Crippen LogP contribution in [0.3, 0.4) is 0 Å².